The monoisotopic (exact) mass is 226 g/mol. The van der Waals surface area contributed by atoms with Crippen LogP contribution in [0.5, 0.6) is 0 Å². The first kappa shape index (κ1) is 14.0. The molecule has 1 aliphatic heterocycles. The summed E-state index contributed by atoms with van der Waals surface area (Å²) in [6.07, 6.45) is 10.9. The van der Waals surface area contributed by atoms with Gasteiger partial charge in [-0.15, -0.1) is 0 Å². The van der Waals surface area contributed by atoms with E-state index in [1.165, 1.54) is 57.9 Å². The van der Waals surface area contributed by atoms with Crippen LogP contribution >= 0.6 is 0 Å². The van der Waals surface area contributed by atoms with E-state index in [-0.39, 0.29) is 0 Å². The summed E-state index contributed by atoms with van der Waals surface area (Å²) in [6, 6.07) is 1.42. The highest BCUT2D eigenvalue weighted by Crippen LogP contribution is 2.22. The minimum absolute atomic E-state index is 0.652. The fourth-order valence-corrected chi connectivity index (χ4v) is 2.90. The van der Waals surface area contributed by atoms with E-state index < -0.39 is 0 Å². The Morgan fingerprint density at radius 1 is 1.25 bits per heavy atom. The average molecular weight is 226 g/mol. The van der Waals surface area contributed by atoms with Gasteiger partial charge in [0.15, 0.2) is 0 Å². The van der Waals surface area contributed by atoms with Crippen molar-refractivity contribution in [1.82, 2.24) is 4.90 Å². The van der Waals surface area contributed by atoms with Gasteiger partial charge in [0.05, 0.1) is 0 Å². The fraction of sp³-hybridized carbons (Fsp3) is 1.00. The Balaban J connectivity index is 2.16. The maximum absolute atomic E-state index is 5.91. The number of unbranched alkanes of at least 4 members (excludes halogenated alkanes) is 4. The second-order valence-corrected chi connectivity index (χ2v) is 5.32. The molecule has 0 saturated carbocycles. The molecule has 2 N–H and O–H groups in total. The van der Waals surface area contributed by atoms with E-state index in [9.17, 15) is 0 Å². The lowest BCUT2D eigenvalue weighted by molar-refractivity contribution is 0.181. The molecule has 96 valence electrons. The molecule has 0 aromatic heterocycles. The highest BCUT2D eigenvalue weighted by Gasteiger charge is 2.26. The molecule has 1 saturated heterocycles. The van der Waals surface area contributed by atoms with Crippen LogP contribution in [0.2, 0.25) is 0 Å². The summed E-state index contributed by atoms with van der Waals surface area (Å²) in [5.74, 6) is 0. The summed E-state index contributed by atoms with van der Waals surface area (Å²) in [7, 11) is 0. The third kappa shape index (κ3) is 4.42. The van der Waals surface area contributed by atoms with Gasteiger partial charge in [-0.25, -0.2) is 0 Å². The summed E-state index contributed by atoms with van der Waals surface area (Å²) in [5, 5.41) is 0. The minimum atomic E-state index is 0.652. The number of rotatable bonds is 8. The molecule has 0 aromatic carbocycles. The Morgan fingerprint density at radius 2 is 2.00 bits per heavy atom. The van der Waals surface area contributed by atoms with Crippen LogP contribution in [-0.2, 0) is 0 Å². The standard InChI is InChI=1S/C14H30N2/c1-3-4-5-6-7-10-14(12-15)16-11-8-9-13(16)2/h13-14H,3-12,15H2,1-2H3. The lowest BCUT2D eigenvalue weighted by Gasteiger charge is -2.30. The third-order valence-electron chi connectivity index (χ3n) is 3.99. The SMILES string of the molecule is CCCCCCCC(CN)N1CCCC1C. The summed E-state index contributed by atoms with van der Waals surface area (Å²) in [5.41, 5.74) is 5.91. The smallest absolute Gasteiger partial charge is 0.0221 e. The van der Waals surface area contributed by atoms with Crippen LogP contribution < -0.4 is 5.73 Å². The zero-order valence-electron chi connectivity index (χ0n) is 11.3. The minimum Gasteiger partial charge on any atom is -0.329 e. The fourth-order valence-electron chi connectivity index (χ4n) is 2.90. The van der Waals surface area contributed by atoms with E-state index in [1.54, 1.807) is 0 Å². The van der Waals surface area contributed by atoms with Gasteiger partial charge in [-0.1, -0.05) is 39.0 Å². The van der Waals surface area contributed by atoms with Gasteiger partial charge in [0.1, 0.15) is 0 Å². The summed E-state index contributed by atoms with van der Waals surface area (Å²) in [4.78, 5) is 2.64. The van der Waals surface area contributed by atoms with Crippen LogP contribution in [0.1, 0.15) is 65.2 Å². The quantitative estimate of drug-likeness (QED) is 0.644. The number of likely N-dealkylation sites (tertiary alicyclic amines) is 1. The van der Waals surface area contributed by atoms with Crippen molar-refractivity contribution < 1.29 is 0 Å². The van der Waals surface area contributed by atoms with Gasteiger partial charge in [0.2, 0.25) is 0 Å². The van der Waals surface area contributed by atoms with E-state index in [4.69, 9.17) is 5.73 Å². The molecule has 2 heteroatoms. The summed E-state index contributed by atoms with van der Waals surface area (Å²) in [6.45, 7) is 6.75. The molecule has 1 heterocycles. The maximum Gasteiger partial charge on any atom is 0.0221 e. The van der Waals surface area contributed by atoms with Gasteiger partial charge < -0.3 is 5.73 Å². The first-order valence-electron chi connectivity index (χ1n) is 7.25. The highest BCUT2D eigenvalue weighted by atomic mass is 15.2. The molecule has 1 aliphatic rings. The van der Waals surface area contributed by atoms with Crippen LogP contribution in [0, 0.1) is 0 Å². The Hall–Kier alpha value is -0.0800. The number of hydrogen-bond donors (Lipinski definition) is 1. The molecule has 0 spiro atoms. The average Bonchev–Trinajstić information content (AvgIpc) is 2.70. The van der Waals surface area contributed by atoms with Crippen LogP contribution in [0.25, 0.3) is 0 Å². The van der Waals surface area contributed by atoms with Crippen molar-refractivity contribution in [3.63, 3.8) is 0 Å². The molecule has 2 unspecified atom stereocenters. The van der Waals surface area contributed by atoms with E-state index >= 15 is 0 Å². The topological polar surface area (TPSA) is 29.3 Å². The predicted molar refractivity (Wildman–Crippen MR) is 71.6 cm³/mol. The molecule has 16 heavy (non-hydrogen) atoms. The highest BCUT2D eigenvalue weighted by molar-refractivity contribution is 4.82. The summed E-state index contributed by atoms with van der Waals surface area (Å²) >= 11 is 0. The molecular weight excluding hydrogens is 196 g/mol. The lowest BCUT2D eigenvalue weighted by atomic mass is 10.0. The molecule has 0 bridgehead atoms. The van der Waals surface area contributed by atoms with Gasteiger partial charge in [-0.2, -0.15) is 0 Å². The zero-order chi connectivity index (χ0) is 11.8. The summed E-state index contributed by atoms with van der Waals surface area (Å²) < 4.78 is 0. The van der Waals surface area contributed by atoms with Crippen LogP contribution in [0.3, 0.4) is 0 Å². The van der Waals surface area contributed by atoms with Crippen LogP contribution in [0.15, 0.2) is 0 Å². The van der Waals surface area contributed by atoms with Crippen molar-refractivity contribution in [2.45, 2.75) is 77.3 Å². The molecular formula is C14H30N2. The molecule has 2 nitrogen and oxygen atoms in total. The van der Waals surface area contributed by atoms with E-state index in [0.717, 1.165) is 12.6 Å². The molecule has 1 fully saturated rings. The van der Waals surface area contributed by atoms with E-state index in [1.807, 2.05) is 0 Å². The van der Waals surface area contributed by atoms with Crippen molar-refractivity contribution in [3.8, 4) is 0 Å². The van der Waals surface area contributed by atoms with Gasteiger partial charge in [0, 0.05) is 18.6 Å². The Labute approximate surface area is 102 Å². The van der Waals surface area contributed by atoms with Crippen molar-refractivity contribution in [2.75, 3.05) is 13.1 Å². The van der Waals surface area contributed by atoms with E-state index in [2.05, 4.69) is 18.7 Å². The van der Waals surface area contributed by atoms with Gasteiger partial charge in [-0.3, -0.25) is 4.90 Å². The van der Waals surface area contributed by atoms with E-state index in [0.29, 0.717) is 6.04 Å². The third-order valence-corrected chi connectivity index (χ3v) is 3.99. The van der Waals surface area contributed by atoms with Crippen molar-refractivity contribution in [1.29, 1.82) is 0 Å². The predicted octanol–water partition coefficient (Wildman–Crippen LogP) is 3.16. The first-order valence-corrected chi connectivity index (χ1v) is 7.25. The maximum atomic E-state index is 5.91. The van der Waals surface area contributed by atoms with Gasteiger partial charge in [-0.05, 0) is 32.7 Å². The number of nitrogens with two attached hydrogens (primary N) is 1. The molecule has 0 aromatic rings. The Morgan fingerprint density at radius 3 is 2.56 bits per heavy atom. The van der Waals surface area contributed by atoms with Crippen molar-refractivity contribution in [3.05, 3.63) is 0 Å². The first-order chi connectivity index (χ1) is 7.79. The second kappa shape index (κ2) is 8.08. The van der Waals surface area contributed by atoms with Crippen molar-refractivity contribution >= 4 is 0 Å². The molecule has 0 amide bonds. The number of nitrogens with zero attached hydrogens (tertiary/aromatic N) is 1. The zero-order valence-corrected chi connectivity index (χ0v) is 11.3. The molecule has 0 aliphatic carbocycles. The molecule has 1 rings (SSSR count). The molecule has 0 radical (unpaired) electrons. The van der Waals surface area contributed by atoms with Gasteiger partial charge in [0.25, 0.3) is 0 Å². The van der Waals surface area contributed by atoms with Gasteiger partial charge >= 0.3 is 0 Å². The molecule has 2 atom stereocenters. The Kier molecular flexibility index (Phi) is 7.06. The normalized spacial score (nSPS) is 23.8. The Bertz CT molecular complexity index is 170. The van der Waals surface area contributed by atoms with Crippen LogP contribution in [0.4, 0.5) is 0 Å². The second-order valence-electron chi connectivity index (χ2n) is 5.32. The lowest BCUT2D eigenvalue weighted by Crippen LogP contribution is -2.42. The van der Waals surface area contributed by atoms with Crippen molar-refractivity contribution in [2.24, 2.45) is 5.73 Å². The largest absolute Gasteiger partial charge is 0.329 e. The van der Waals surface area contributed by atoms with Crippen LogP contribution in [-0.4, -0.2) is 30.1 Å². The number of hydrogen-bond acceptors (Lipinski definition) is 2.